The number of ether oxygens (including phenoxy) is 1. The van der Waals surface area contributed by atoms with E-state index in [1.165, 1.54) is 4.90 Å². The maximum atomic E-state index is 12.4. The van der Waals surface area contributed by atoms with Crippen LogP contribution < -0.4 is 0 Å². The van der Waals surface area contributed by atoms with Crippen molar-refractivity contribution in [3.63, 3.8) is 0 Å². The Bertz CT molecular complexity index is 359. The molecule has 2 amide bonds. The summed E-state index contributed by atoms with van der Waals surface area (Å²) in [6, 6.07) is -0.283. The largest absolute Gasteiger partial charge is 0.447 e. The van der Waals surface area contributed by atoms with E-state index in [4.69, 9.17) is 4.74 Å². The standard InChI is InChI=1S/C14H25NO4/c1-8(2)11(16)9(3)12(17)15-10(14(4,5)6)7-19-13(15)18/h8-11,16H,7H2,1-6H3/t9-,10-,11+/m1/s1. The minimum atomic E-state index is -0.762. The third kappa shape index (κ3) is 3.26. The van der Waals surface area contributed by atoms with E-state index in [1.807, 2.05) is 34.6 Å². The van der Waals surface area contributed by atoms with Gasteiger partial charge in [0.1, 0.15) is 6.61 Å². The van der Waals surface area contributed by atoms with Crippen molar-refractivity contribution in [1.29, 1.82) is 0 Å². The van der Waals surface area contributed by atoms with Gasteiger partial charge in [-0.15, -0.1) is 0 Å². The van der Waals surface area contributed by atoms with Crippen LogP contribution in [0.2, 0.25) is 0 Å². The number of rotatable bonds is 3. The van der Waals surface area contributed by atoms with Crippen molar-refractivity contribution < 1.29 is 19.4 Å². The summed E-state index contributed by atoms with van der Waals surface area (Å²) >= 11 is 0. The van der Waals surface area contributed by atoms with Gasteiger partial charge in [-0.1, -0.05) is 41.5 Å². The number of carbonyl (C=O) groups is 2. The lowest BCUT2D eigenvalue weighted by Crippen LogP contribution is -2.50. The lowest BCUT2D eigenvalue weighted by Gasteiger charge is -2.33. The second-order valence-electron chi connectivity index (χ2n) is 6.69. The van der Waals surface area contributed by atoms with Gasteiger partial charge in [-0.05, 0) is 11.3 Å². The summed E-state index contributed by atoms with van der Waals surface area (Å²) in [5.74, 6) is -1.01. The molecule has 19 heavy (non-hydrogen) atoms. The number of imide groups is 1. The van der Waals surface area contributed by atoms with Crippen LogP contribution in [0.5, 0.6) is 0 Å². The molecule has 0 aliphatic carbocycles. The van der Waals surface area contributed by atoms with Crippen LogP contribution in [0.25, 0.3) is 0 Å². The van der Waals surface area contributed by atoms with Gasteiger partial charge >= 0.3 is 6.09 Å². The monoisotopic (exact) mass is 271 g/mol. The van der Waals surface area contributed by atoms with Crippen molar-refractivity contribution in [2.45, 2.75) is 53.7 Å². The van der Waals surface area contributed by atoms with Crippen LogP contribution >= 0.6 is 0 Å². The number of aliphatic hydroxyl groups excluding tert-OH is 1. The predicted molar refractivity (Wildman–Crippen MR) is 71.4 cm³/mol. The lowest BCUT2D eigenvalue weighted by molar-refractivity contribution is -0.138. The summed E-state index contributed by atoms with van der Waals surface area (Å²) in [6.45, 7) is 11.4. The van der Waals surface area contributed by atoms with Gasteiger partial charge in [-0.2, -0.15) is 0 Å². The van der Waals surface area contributed by atoms with Gasteiger partial charge in [-0.25, -0.2) is 9.69 Å². The highest BCUT2D eigenvalue weighted by Crippen LogP contribution is 2.31. The van der Waals surface area contributed by atoms with Crippen LogP contribution in [-0.4, -0.2) is 40.8 Å². The minimum Gasteiger partial charge on any atom is -0.447 e. The Morgan fingerprint density at radius 1 is 1.37 bits per heavy atom. The maximum absolute atomic E-state index is 12.4. The molecule has 0 saturated carbocycles. The Labute approximate surface area is 114 Å². The molecule has 1 aliphatic heterocycles. The van der Waals surface area contributed by atoms with Crippen LogP contribution in [0, 0.1) is 17.3 Å². The van der Waals surface area contributed by atoms with Crippen molar-refractivity contribution in [2.75, 3.05) is 6.61 Å². The number of hydrogen-bond donors (Lipinski definition) is 1. The molecule has 1 aliphatic rings. The first-order chi connectivity index (χ1) is 8.57. The van der Waals surface area contributed by atoms with Crippen LogP contribution in [0.4, 0.5) is 4.79 Å². The quantitative estimate of drug-likeness (QED) is 0.853. The second-order valence-corrected chi connectivity index (χ2v) is 6.69. The lowest BCUT2D eigenvalue weighted by atomic mass is 9.85. The zero-order valence-electron chi connectivity index (χ0n) is 12.6. The molecule has 1 rings (SSSR count). The zero-order chi connectivity index (χ0) is 15.0. The molecule has 5 heteroatoms. The van der Waals surface area contributed by atoms with Crippen LogP contribution in [-0.2, 0) is 9.53 Å². The first kappa shape index (κ1) is 16.0. The van der Waals surface area contributed by atoms with E-state index < -0.39 is 18.1 Å². The number of cyclic esters (lactones) is 1. The van der Waals surface area contributed by atoms with E-state index in [-0.39, 0.29) is 29.9 Å². The minimum absolute atomic E-state index is 0.0364. The van der Waals surface area contributed by atoms with E-state index in [0.29, 0.717) is 0 Å². The third-order valence-electron chi connectivity index (χ3n) is 3.70. The Balaban J connectivity index is 2.93. The van der Waals surface area contributed by atoms with Gasteiger partial charge in [-0.3, -0.25) is 4.79 Å². The van der Waals surface area contributed by atoms with Crippen molar-refractivity contribution in [3.05, 3.63) is 0 Å². The molecule has 0 aromatic rings. The highest BCUT2D eigenvalue weighted by Gasteiger charge is 2.46. The molecule has 1 fully saturated rings. The average molecular weight is 271 g/mol. The molecule has 3 atom stereocenters. The fraction of sp³-hybridized carbons (Fsp3) is 0.857. The highest BCUT2D eigenvalue weighted by molar-refractivity contribution is 5.95. The van der Waals surface area contributed by atoms with Gasteiger partial charge < -0.3 is 9.84 Å². The van der Waals surface area contributed by atoms with E-state index in [1.54, 1.807) is 6.92 Å². The summed E-state index contributed by atoms with van der Waals surface area (Å²) in [5, 5.41) is 10.0. The SMILES string of the molecule is CC(C)[C@H](O)[C@@H](C)C(=O)N1C(=O)OC[C@@H]1C(C)(C)C. The highest BCUT2D eigenvalue weighted by atomic mass is 16.6. The fourth-order valence-corrected chi connectivity index (χ4v) is 2.25. The van der Waals surface area contributed by atoms with E-state index in [2.05, 4.69) is 0 Å². The van der Waals surface area contributed by atoms with Crippen LogP contribution in [0.1, 0.15) is 41.5 Å². The van der Waals surface area contributed by atoms with Gasteiger partial charge in [0, 0.05) is 0 Å². The van der Waals surface area contributed by atoms with Crippen LogP contribution in [0.3, 0.4) is 0 Å². The molecule has 110 valence electrons. The molecule has 0 radical (unpaired) electrons. The van der Waals surface area contributed by atoms with Crippen molar-refractivity contribution in [2.24, 2.45) is 17.3 Å². The van der Waals surface area contributed by atoms with E-state index >= 15 is 0 Å². The smallest absolute Gasteiger partial charge is 0.417 e. The molecular formula is C14H25NO4. The second kappa shape index (κ2) is 5.49. The topological polar surface area (TPSA) is 66.8 Å². The Morgan fingerprint density at radius 3 is 2.32 bits per heavy atom. The summed E-state index contributed by atoms with van der Waals surface area (Å²) in [7, 11) is 0. The van der Waals surface area contributed by atoms with Crippen molar-refractivity contribution in [3.8, 4) is 0 Å². The first-order valence-electron chi connectivity index (χ1n) is 6.75. The van der Waals surface area contributed by atoms with Gasteiger partial charge in [0.05, 0.1) is 18.1 Å². The summed E-state index contributed by atoms with van der Waals surface area (Å²) in [5.41, 5.74) is -0.246. The Morgan fingerprint density at radius 2 is 1.89 bits per heavy atom. The van der Waals surface area contributed by atoms with Gasteiger partial charge in [0.2, 0.25) is 5.91 Å². The molecular weight excluding hydrogens is 246 g/mol. The third-order valence-corrected chi connectivity index (χ3v) is 3.70. The molecule has 0 aromatic heterocycles. The van der Waals surface area contributed by atoms with E-state index in [9.17, 15) is 14.7 Å². The zero-order valence-corrected chi connectivity index (χ0v) is 12.6. The molecule has 0 unspecified atom stereocenters. The van der Waals surface area contributed by atoms with E-state index in [0.717, 1.165) is 0 Å². The average Bonchev–Trinajstić information content (AvgIpc) is 2.67. The number of carbonyl (C=O) groups excluding carboxylic acids is 2. The molecule has 1 N–H and O–H groups in total. The Kier molecular flexibility index (Phi) is 4.61. The van der Waals surface area contributed by atoms with Gasteiger partial charge in [0.15, 0.2) is 0 Å². The Hall–Kier alpha value is -1.10. The molecule has 0 aromatic carbocycles. The van der Waals surface area contributed by atoms with Crippen molar-refractivity contribution in [1.82, 2.24) is 4.90 Å². The number of nitrogens with zero attached hydrogens (tertiary/aromatic N) is 1. The summed E-state index contributed by atoms with van der Waals surface area (Å²) in [4.78, 5) is 25.4. The summed E-state index contributed by atoms with van der Waals surface area (Å²) < 4.78 is 5.00. The predicted octanol–water partition coefficient (Wildman–Crippen LogP) is 2.03. The molecule has 5 nitrogen and oxygen atoms in total. The number of aliphatic hydroxyl groups is 1. The van der Waals surface area contributed by atoms with Crippen LogP contribution in [0.15, 0.2) is 0 Å². The molecule has 1 heterocycles. The van der Waals surface area contributed by atoms with Gasteiger partial charge in [0.25, 0.3) is 0 Å². The summed E-state index contributed by atoms with van der Waals surface area (Å²) in [6.07, 6.45) is -1.37. The molecule has 1 saturated heterocycles. The number of amides is 2. The normalized spacial score (nSPS) is 23.5. The number of hydrogen-bond acceptors (Lipinski definition) is 4. The fourth-order valence-electron chi connectivity index (χ4n) is 2.25. The molecule has 0 bridgehead atoms. The van der Waals surface area contributed by atoms with Crippen molar-refractivity contribution >= 4 is 12.0 Å². The maximum Gasteiger partial charge on any atom is 0.417 e. The first-order valence-corrected chi connectivity index (χ1v) is 6.75. The molecule has 0 spiro atoms.